The van der Waals surface area contributed by atoms with E-state index in [1.165, 1.54) is 4.90 Å². The second kappa shape index (κ2) is 5.02. The van der Waals surface area contributed by atoms with Crippen LogP contribution in [0.3, 0.4) is 0 Å². The van der Waals surface area contributed by atoms with Crippen LogP contribution in [0.5, 0.6) is 0 Å². The number of thioether (sulfide) groups is 1. The second-order valence-electron chi connectivity index (χ2n) is 3.79. The Morgan fingerprint density at radius 3 is 2.47 bits per heavy atom. The van der Waals surface area contributed by atoms with Gasteiger partial charge in [-0.15, -0.1) is 11.8 Å². The first-order valence-corrected chi connectivity index (χ1v) is 6.83. The van der Waals surface area contributed by atoms with Crippen LogP contribution in [-0.2, 0) is 6.54 Å². The number of aromatic nitrogens is 2. The Balaban J connectivity index is 2.22. The molecule has 0 saturated carbocycles. The van der Waals surface area contributed by atoms with E-state index in [9.17, 15) is 0 Å². The Kier molecular flexibility index (Phi) is 3.64. The predicted molar refractivity (Wildman–Crippen MR) is 73.7 cm³/mol. The summed E-state index contributed by atoms with van der Waals surface area (Å²) < 4.78 is 1.73. The molecule has 2 rings (SSSR count). The molecule has 0 atom stereocenters. The van der Waals surface area contributed by atoms with Crippen LogP contribution in [0, 0.1) is 6.92 Å². The first-order chi connectivity index (χ1) is 8.11. The van der Waals surface area contributed by atoms with Crippen LogP contribution in [0.25, 0.3) is 0 Å². The summed E-state index contributed by atoms with van der Waals surface area (Å²) in [4.78, 5) is 1.25. The Hall–Kier alpha value is -1.13. The average molecular weight is 268 g/mol. The average Bonchev–Trinajstić information content (AvgIpc) is 2.58. The van der Waals surface area contributed by atoms with E-state index in [-0.39, 0.29) is 0 Å². The maximum absolute atomic E-state index is 6.00. The zero-order valence-corrected chi connectivity index (χ0v) is 11.3. The normalized spacial score (nSPS) is 10.8. The first-order valence-electron chi connectivity index (χ1n) is 5.23. The molecule has 0 aliphatic heterocycles. The highest BCUT2D eigenvalue weighted by Gasteiger charge is 2.09. The Morgan fingerprint density at radius 1 is 1.35 bits per heavy atom. The highest BCUT2D eigenvalue weighted by Crippen LogP contribution is 2.23. The predicted octanol–water partition coefficient (Wildman–Crippen LogP) is 3.20. The van der Waals surface area contributed by atoms with E-state index >= 15 is 0 Å². The van der Waals surface area contributed by atoms with Crippen molar-refractivity contribution in [1.29, 1.82) is 0 Å². The van der Waals surface area contributed by atoms with Crippen molar-refractivity contribution in [3.05, 3.63) is 40.5 Å². The van der Waals surface area contributed by atoms with E-state index in [1.54, 1.807) is 16.4 Å². The van der Waals surface area contributed by atoms with Crippen molar-refractivity contribution in [3.63, 3.8) is 0 Å². The highest BCUT2D eigenvalue weighted by atomic mass is 35.5. The standard InChI is InChI=1S/C12H14ClN3S/c1-8-11(13)12(14)16(15-8)7-9-3-5-10(17-2)6-4-9/h3-6H,7,14H2,1-2H3. The van der Waals surface area contributed by atoms with E-state index in [2.05, 4.69) is 35.6 Å². The number of rotatable bonds is 3. The van der Waals surface area contributed by atoms with Gasteiger partial charge >= 0.3 is 0 Å². The van der Waals surface area contributed by atoms with Crippen molar-refractivity contribution in [3.8, 4) is 0 Å². The molecule has 0 spiro atoms. The zero-order chi connectivity index (χ0) is 12.4. The molecule has 0 radical (unpaired) electrons. The molecule has 0 saturated heterocycles. The molecule has 1 aromatic heterocycles. The van der Waals surface area contributed by atoms with Crippen molar-refractivity contribution in [2.75, 3.05) is 12.0 Å². The molecule has 2 N–H and O–H groups in total. The minimum atomic E-state index is 0.526. The molecule has 1 aromatic carbocycles. The third kappa shape index (κ3) is 2.58. The number of nitrogens with zero attached hydrogens (tertiary/aromatic N) is 2. The number of aryl methyl sites for hydroxylation is 1. The molecule has 0 bridgehead atoms. The lowest BCUT2D eigenvalue weighted by atomic mass is 10.2. The molecule has 0 fully saturated rings. The molecule has 0 amide bonds. The number of benzene rings is 1. The summed E-state index contributed by atoms with van der Waals surface area (Å²) in [7, 11) is 0. The van der Waals surface area contributed by atoms with E-state index in [4.69, 9.17) is 17.3 Å². The molecule has 2 aromatic rings. The Labute approximate surface area is 110 Å². The fourth-order valence-electron chi connectivity index (χ4n) is 1.60. The van der Waals surface area contributed by atoms with Crippen molar-refractivity contribution in [2.45, 2.75) is 18.4 Å². The second-order valence-corrected chi connectivity index (χ2v) is 5.05. The molecular formula is C12H14ClN3S. The van der Waals surface area contributed by atoms with Crippen LogP contribution in [0.15, 0.2) is 29.2 Å². The minimum Gasteiger partial charge on any atom is -0.383 e. The molecule has 0 aliphatic carbocycles. The maximum Gasteiger partial charge on any atom is 0.141 e. The van der Waals surface area contributed by atoms with Gasteiger partial charge in [0.2, 0.25) is 0 Å². The van der Waals surface area contributed by atoms with Gasteiger partial charge in [0.05, 0.1) is 12.2 Å². The molecule has 3 nitrogen and oxygen atoms in total. The molecule has 17 heavy (non-hydrogen) atoms. The van der Waals surface area contributed by atoms with Crippen molar-refractivity contribution in [1.82, 2.24) is 9.78 Å². The highest BCUT2D eigenvalue weighted by molar-refractivity contribution is 7.98. The fraction of sp³-hybridized carbons (Fsp3) is 0.250. The van der Waals surface area contributed by atoms with Crippen LogP contribution in [0.2, 0.25) is 5.02 Å². The minimum absolute atomic E-state index is 0.526. The summed E-state index contributed by atoms with van der Waals surface area (Å²) in [5, 5.41) is 4.85. The van der Waals surface area contributed by atoms with Gasteiger partial charge in [0.15, 0.2) is 0 Å². The smallest absolute Gasteiger partial charge is 0.141 e. The SMILES string of the molecule is CSc1ccc(Cn2nc(C)c(Cl)c2N)cc1. The van der Waals surface area contributed by atoms with E-state index in [1.807, 2.05) is 6.92 Å². The zero-order valence-electron chi connectivity index (χ0n) is 9.77. The van der Waals surface area contributed by atoms with Crippen LogP contribution in [-0.4, -0.2) is 16.0 Å². The molecule has 0 aliphatic rings. The van der Waals surface area contributed by atoms with Gasteiger partial charge in [-0.3, -0.25) is 0 Å². The van der Waals surface area contributed by atoms with Gasteiger partial charge in [-0.2, -0.15) is 5.10 Å². The quantitative estimate of drug-likeness (QED) is 0.869. The monoisotopic (exact) mass is 267 g/mol. The lowest BCUT2D eigenvalue weighted by molar-refractivity contribution is 0.689. The van der Waals surface area contributed by atoms with Gasteiger partial charge in [-0.1, -0.05) is 23.7 Å². The summed E-state index contributed by atoms with van der Waals surface area (Å²) in [5.41, 5.74) is 7.80. The summed E-state index contributed by atoms with van der Waals surface area (Å²) in [6, 6.07) is 8.34. The molecule has 0 unspecified atom stereocenters. The number of hydrogen-bond donors (Lipinski definition) is 1. The van der Waals surface area contributed by atoms with E-state index in [0.29, 0.717) is 17.4 Å². The maximum atomic E-state index is 6.00. The largest absolute Gasteiger partial charge is 0.383 e. The van der Waals surface area contributed by atoms with E-state index < -0.39 is 0 Å². The molecule has 90 valence electrons. The van der Waals surface area contributed by atoms with Crippen LogP contribution < -0.4 is 5.73 Å². The summed E-state index contributed by atoms with van der Waals surface area (Å²) in [6.07, 6.45) is 2.06. The van der Waals surface area contributed by atoms with Gasteiger partial charge in [-0.05, 0) is 30.9 Å². The first kappa shape index (κ1) is 12.3. The fourth-order valence-corrected chi connectivity index (χ4v) is 2.15. The summed E-state index contributed by atoms with van der Waals surface area (Å²) in [5.74, 6) is 0.526. The van der Waals surface area contributed by atoms with Gasteiger partial charge in [0.25, 0.3) is 0 Å². The van der Waals surface area contributed by atoms with Gasteiger partial charge in [0, 0.05) is 4.90 Å². The van der Waals surface area contributed by atoms with Crippen molar-refractivity contribution in [2.24, 2.45) is 0 Å². The topological polar surface area (TPSA) is 43.8 Å². The van der Waals surface area contributed by atoms with Gasteiger partial charge < -0.3 is 5.73 Å². The molecule has 5 heteroatoms. The summed E-state index contributed by atoms with van der Waals surface area (Å²) >= 11 is 7.73. The third-order valence-electron chi connectivity index (χ3n) is 2.58. The third-order valence-corrected chi connectivity index (χ3v) is 3.79. The van der Waals surface area contributed by atoms with Crippen molar-refractivity contribution >= 4 is 29.2 Å². The lowest BCUT2D eigenvalue weighted by Crippen LogP contribution is -2.05. The number of nitrogen functional groups attached to an aromatic ring is 1. The number of nitrogens with two attached hydrogens (primary N) is 1. The summed E-state index contributed by atoms with van der Waals surface area (Å²) in [6.45, 7) is 2.50. The molecule has 1 heterocycles. The van der Waals surface area contributed by atoms with Gasteiger partial charge in [0.1, 0.15) is 10.8 Å². The number of anilines is 1. The van der Waals surface area contributed by atoms with Crippen LogP contribution in [0.1, 0.15) is 11.3 Å². The Bertz CT molecular complexity index is 519. The van der Waals surface area contributed by atoms with Crippen molar-refractivity contribution < 1.29 is 0 Å². The number of halogens is 1. The lowest BCUT2D eigenvalue weighted by Gasteiger charge is -2.05. The molecular weight excluding hydrogens is 254 g/mol. The van der Waals surface area contributed by atoms with Crippen LogP contribution in [0.4, 0.5) is 5.82 Å². The van der Waals surface area contributed by atoms with Gasteiger partial charge in [-0.25, -0.2) is 4.68 Å². The van der Waals surface area contributed by atoms with Crippen LogP contribution >= 0.6 is 23.4 Å². The number of hydrogen-bond acceptors (Lipinski definition) is 3. The van der Waals surface area contributed by atoms with E-state index in [0.717, 1.165) is 11.3 Å². The Morgan fingerprint density at radius 2 is 2.00 bits per heavy atom.